The smallest absolute Gasteiger partial charge is 0.325 e. The van der Waals surface area contributed by atoms with Gasteiger partial charge in [-0.3, -0.25) is 9.59 Å². The van der Waals surface area contributed by atoms with E-state index in [1.165, 1.54) is 10.9 Å². The van der Waals surface area contributed by atoms with E-state index >= 15 is 0 Å². The number of carbonyl (C=O) groups excluding carboxylic acids is 1. The number of para-hydroxylation sites is 1. The molecule has 2 aromatic heterocycles. The summed E-state index contributed by atoms with van der Waals surface area (Å²) >= 11 is 0. The molecule has 0 saturated heterocycles. The molecule has 0 unspecified atom stereocenters. The summed E-state index contributed by atoms with van der Waals surface area (Å²) < 4.78 is 2.87. The first-order chi connectivity index (χ1) is 12.5. The first-order valence-corrected chi connectivity index (χ1v) is 7.87. The van der Waals surface area contributed by atoms with Gasteiger partial charge in [0.05, 0.1) is 36.2 Å². The molecule has 3 aromatic rings. The van der Waals surface area contributed by atoms with Gasteiger partial charge >= 0.3 is 5.97 Å². The van der Waals surface area contributed by atoms with Crippen molar-refractivity contribution in [2.75, 3.05) is 0 Å². The van der Waals surface area contributed by atoms with Crippen LogP contribution >= 0.6 is 0 Å². The van der Waals surface area contributed by atoms with Crippen molar-refractivity contribution < 1.29 is 14.7 Å². The van der Waals surface area contributed by atoms with Gasteiger partial charge in [0.2, 0.25) is 5.91 Å². The third kappa shape index (κ3) is 4.09. The van der Waals surface area contributed by atoms with E-state index in [-0.39, 0.29) is 25.4 Å². The van der Waals surface area contributed by atoms with E-state index in [4.69, 9.17) is 5.11 Å². The topological polar surface area (TPSA) is 128 Å². The lowest BCUT2D eigenvalue weighted by Gasteiger charge is -2.04. The van der Waals surface area contributed by atoms with Gasteiger partial charge in [0.25, 0.3) is 0 Å². The molecule has 2 heterocycles. The fraction of sp³-hybridized carbons (Fsp3) is 0.250. The highest BCUT2D eigenvalue weighted by atomic mass is 16.4. The molecule has 2 N–H and O–H groups in total. The van der Waals surface area contributed by atoms with Crippen LogP contribution < -0.4 is 5.32 Å². The average molecular weight is 355 g/mol. The Morgan fingerprint density at radius 3 is 2.65 bits per heavy atom. The largest absolute Gasteiger partial charge is 0.480 e. The Bertz CT molecular complexity index is 917. The second-order valence-corrected chi connectivity index (χ2v) is 5.62. The van der Waals surface area contributed by atoms with E-state index in [0.29, 0.717) is 11.4 Å². The van der Waals surface area contributed by atoms with Gasteiger partial charge in [0.1, 0.15) is 12.2 Å². The second-order valence-electron chi connectivity index (χ2n) is 5.62. The highest BCUT2D eigenvalue weighted by Crippen LogP contribution is 2.12. The molecule has 0 spiro atoms. The highest BCUT2D eigenvalue weighted by Gasteiger charge is 2.14. The van der Waals surface area contributed by atoms with Gasteiger partial charge in [-0.15, -0.1) is 10.2 Å². The molecular formula is C16H17N7O3. The normalized spacial score (nSPS) is 10.7. The zero-order valence-electron chi connectivity index (χ0n) is 14.0. The molecule has 0 atom stereocenters. The number of benzene rings is 1. The summed E-state index contributed by atoms with van der Waals surface area (Å²) in [6.07, 6.45) is 1.56. The van der Waals surface area contributed by atoms with Crippen LogP contribution in [0.2, 0.25) is 0 Å². The summed E-state index contributed by atoms with van der Waals surface area (Å²) in [6.45, 7) is 1.74. The van der Waals surface area contributed by atoms with Gasteiger partial charge in [-0.2, -0.15) is 0 Å². The van der Waals surface area contributed by atoms with Crippen molar-refractivity contribution in [1.29, 1.82) is 0 Å². The molecule has 0 aliphatic carbocycles. The van der Waals surface area contributed by atoms with Crippen molar-refractivity contribution >= 4 is 11.9 Å². The molecule has 0 aliphatic heterocycles. The van der Waals surface area contributed by atoms with E-state index < -0.39 is 5.97 Å². The van der Waals surface area contributed by atoms with Crippen molar-refractivity contribution in [3.8, 4) is 5.69 Å². The maximum atomic E-state index is 12.1. The Labute approximate surface area is 148 Å². The second kappa shape index (κ2) is 7.55. The average Bonchev–Trinajstić information content (AvgIpc) is 3.20. The van der Waals surface area contributed by atoms with Crippen molar-refractivity contribution in [1.82, 2.24) is 35.3 Å². The summed E-state index contributed by atoms with van der Waals surface area (Å²) in [7, 11) is 0. The van der Waals surface area contributed by atoms with Crippen LogP contribution in [0.25, 0.3) is 5.69 Å². The molecule has 0 radical (unpaired) electrons. The van der Waals surface area contributed by atoms with Crippen molar-refractivity contribution in [3.63, 3.8) is 0 Å². The summed E-state index contributed by atoms with van der Waals surface area (Å²) in [4.78, 5) is 22.7. The standard InChI is InChI=1S/C16H17N7O3/c1-11-14(19-21-23(11)13-5-3-2-4-6-13)7-15(24)17-8-12-9-22(20-18-12)10-16(25)26/h2-6,9H,7-8,10H2,1H3,(H,17,24)(H,25,26). The Kier molecular flexibility index (Phi) is 5.02. The predicted octanol–water partition coefficient (Wildman–Crippen LogP) is 0.111. The summed E-state index contributed by atoms with van der Waals surface area (Å²) in [6, 6.07) is 9.54. The molecule has 10 nitrogen and oxygen atoms in total. The van der Waals surface area contributed by atoms with E-state index in [0.717, 1.165) is 11.4 Å². The number of nitrogens with zero attached hydrogens (tertiary/aromatic N) is 6. The number of nitrogens with one attached hydrogen (secondary N) is 1. The fourth-order valence-corrected chi connectivity index (χ4v) is 2.38. The quantitative estimate of drug-likeness (QED) is 0.615. The molecule has 0 aliphatic rings. The minimum Gasteiger partial charge on any atom is -0.480 e. The van der Waals surface area contributed by atoms with Gasteiger partial charge in [0, 0.05) is 0 Å². The molecule has 26 heavy (non-hydrogen) atoms. The van der Waals surface area contributed by atoms with E-state index in [1.54, 1.807) is 4.68 Å². The van der Waals surface area contributed by atoms with Crippen LogP contribution in [-0.4, -0.2) is 47.0 Å². The number of carboxylic acid groups (broad SMARTS) is 1. The third-order valence-electron chi connectivity index (χ3n) is 3.67. The fourth-order valence-electron chi connectivity index (χ4n) is 2.38. The minimum atomic E-state index is -1.01. The van der Waals surface area contributed by atoms with Gasteiger partial charge in [-0.05, 0) is 19.1 Å². The number of amides is 1. The van der Waals surface area contributed by atoms with Gasteiger partial charge in [-0.1, -0.05) is 28.6 Å². The van der Waals surface area contributed by atoms with E-state index in [1.807, 2.05) is 37.3 Å². The molecule has 1 aromatic carbocycles. The van der Waals surface area contributed by atoms with Gasteiger partial charge < -0.3 is 10.4 Å². The number of aromatic nitrogens is 6. The number of hydrogen-bond acceptors (Lipinski definition) is 6. The highest BCUT2D eigenvalue weighted by molar-refractivity contribution is 5.78. The molecule has 1 amide bonds. The zero-order valence-corrected chi connectivity index (χ0v) is 14.0. The number of carboxylic acids is 1. The lowest BCUT2D eigenvalue weighted by atomic mass is 10.2. The molecule has 134 valence electrons. The summed E-state index contributed by atoms with van der Waals surface area (Å²) in [5.74, 6) is -1.25. The number of hydrogen-bond donors (Lipinski definition) is 2. The van der Waals surface area contributed by atoms with Crippen molar-refractivity contribution in [2.24, 2.45) is 0 Å². The zero-order chi connectivity index (χ0) is 18.5. The Hall–Kier alpha value is -3.56. The lowest BCUT2D eigenvalue weighted by molar-refractivity contribution is -0.138. The summed E-state index contributed by atoms with van der Waals surface area (Å²) in [5, 5.41) is 27.1. The van der Waals surface area contributed by atoms with Crippen LogP contribution in [0.4, 0.5) is 0 Å². The first kappa shape index (κ1) is 17.3. The molecule has 0 fully saturated rings. The molecular weight excluding hydrogens is 338 g/mol. The molecule has 0 saturated carbocycles. The van der Waals surface area contributed by atoms with E-state index in [2.05, 4.69) is 25.9 Å². The van der Waals surface area contributed by atoms with Crippen LogP contribution in [0.3, 0.4) is 0 Å². The third-order valence-corrected chi connectivity index (χ3v) is 3.67. The minimum absolute atomic E-state index is 0.0852. The Morgan fingerprint density at radius 2 is 1.92 bits per heavy atom. The van der Waals surface area contributed by atoms with Crippen LogP contribution in [0.15, 0.2) is 36.5 Å². The summed E-state index contributed by atoms with van der Waals surface area (Å²) in [5.41, 5.74) is 2.73. The predicted molar refractivity (Wildman–Crippen MR) is 89.3 cm³/mol. The number of aliphatic carboxylic acids is 1. The Balaban J connectivity index is 1.58. The van der Waals surface area contributed by atoms with Gasteiger partial charge in [0.15, 0.2) is 0 Å². The van der Waals surface area contributed by atoms with E-state index in [9.17, 15) is 9.59 Å². The molecule has 10 heteroatoms. The molecule has 0 bridgehead atoms. The van der Waals surface area contributed by atoms with Crippen LogP contribution in [-0.2, 0) is 29.1 Å². The number of carbonyl (C=O) groups is 2. The monoisotopic (exact) mass is 355 g/mol. The first-order valence-electron chi connectivity index (χ1n) is 7.87. The van der Waals surface area contributed by atoms with Gasteiger partial charge in [-0.25, -0.2) is 9.36 Å². The maximum absolute atomic E-state index is 12.1. The van der Waals surface area contributed by atoms with Crippen LogP contribution in [0, 0.1) is 6.92 Å². The maximum Gasteiger partial charge on any atom is 0.325 e. The van der Waals surface area contributed by atoms with Crippen LogP contribution in [0.1, 0.15) is 17.1 Å². The van der Waals surface area contributed by atoms with Crippen LogP contribution in [0.5, 0.6) is 0 Å². The number of rotatable bonds is 7. The molecule has 3 rings (SSSR count). The lowest BCUT2D eigenvalue weighted by Crippen LogP contribution is -2.25. The van der Waals surface area contributed by atoms with Crippen molar-refractivity contribution in [2.45, 2.75) is 26.4 Å². The SMILES string of the molecule is Cc1c(CC(=O)NCc2cn(CC(=O)O)nn2)nnn1-c1ccccc1. The van der Waals surface area contributed by atoms with Crippen molar-refractivity contribution in [3.05, 3.63) is 53.6 Å². The Morgan fingerprint density at radius 1 is 1.15 bits per heavy atom.